The van der Waals surface area contributed by atoms with Gasteiger partial charge in [-0.2, -0.15) is 5.10 Å². The van der Waals surface area contributed by atoms with Crippen molar-refractivity contribution in [2.45, 2.75) is 20.4 Å². The summed E-state index contributed by atoms with van der Waals surface area (Å²) in [6, 6.07) is 10.8. The summed E-state index contributed by atoms with van der Waals surface area (Å²) < 4.78 is 8.10. The number of aromatic nitrogens is 4. The van der Waals surface area contributed by atoms with Crippen molar-refractivity contribution in [3.05, 3.63) is 75.4 Å². The molecule has 0 saturated carbocycles. The number of fused-ring (bicyclic) bond motifs is 1. The van der Waals surface area contributed by atoms with Crippen LogP contribution in [0.1, 0.15) is 11.1 Å². The number of rotatable bonds is 5. The van der Waals surface area contributed by atoms with Gasteiger partial charge in [0.25, 0.3) is 5.56 Å². The van der Waals surface area contributed by atoms with Crippen LogP contribution >= 0.6 is 11.6 Å². The largest absolute Gasteiger partial charge is 0.495 e. The van der Waals surface area contributed by atoms with Gasteiger partial charge in [-0.3, -0.25) is 14.2 Å². The Morgan fingerprint density at radius 1 is 1.19 bits per heavy atom. The maximum atomic E-state index is 12.9. The number of carbonyl (C=O) groups excluding carboxylic acids is 1. The molecule has 0 bridgehead atoms. The van der Waals surface area contributed by atoms with Gasteiger partial charge in [0, 0.05) is 5.02 Å². The molecule has 2 aromatic carbocycles. The number of ether oxygens (including phenoxy) is 1. The van der Waals surface area contributed by atoms with Gasteiger partial charge in [0.15, 0.2) is 5.65 Å². The summed E-state index contributed by atoms with van der Waals surface area (Å²) in [5.41, 5.74) is 3.50. The summed E-state index contributed by atoms with van der Waals surface area (Å²) in [4.78, 5) is 29.8. The molecule has 0 spiro atoms. The van der Waals surface area contributed by atoms with E-state index in [-0.39, 0.29) is 12.1 Å². The molecule has 0 unspecified atom stereocenters. The van der Waals surface area contributed by atoms with Gasteiger partial charge in [0.2, 0.25) is 5.91 Å². The van der Waals surface area contributed by atoms with Gasteiger partial charge < -0.3 is 10.1 Å². The Morgan fingerprint density at radius 3 is 2.74 bits per heavy atom. The lowest BCUT2D eigenvalue weighted by atomic mass is 10.1. The number of hydrogen-bond donors (Lipinski definition) is 1. The summed E-state index contributed by atoms with van der Waals surface area (Å²) in [5, 5.41) is 7.84. The zero-order valence-electron chi connectivity index (χ0n) is 17.2. The fraction of sp³-hybridized carbons (Fsp3) is 0.182. The number of nitrogens with one attached hydrogen (secondary N) is 1. The highest BCUT2D eigenvalue weighted by Crippen LogP contribution is 2.27. The first kappa shape index (κ1) is 20.6. The van der Waals surface area contributed by atoms with Crippen molar-refractivity contribution in [3.63, 3.8) is 0 Å². The lowest BCUT2D eigenvalue weighted by molar-refractivity contribution is -0.116. The van der Waals surface area contributed by atoms with E-state index < -0.39 is 5.91 Å². The van der Waals surface area contributed by atoms with E-state index in [2.05, 4.69) is 15.4 Å². The predicted molar refractivity (Wildman–Crippen MR) is 119 cm³/mol. The van der Waals surface area contributed by atoms with E-state index in [1.54, 1.807) is 22.9 Å². The number of hydrogen-bond acceptors (Lipinski definition) is 5. The number of aryl methyl sites for hydroxylation is 2. The monoisotopic (exact) mass is 437 g/mol. The number of benzene rings is 2. The molecule has 0 aliphatic carbocycles. The predicted octanol–water partition coefficient (Wildman–Crippen LogP) is 3.50. The second kappa shape index (κ2) is 8.23. The van der Waals surface area contributed by atoms with E-state index >= 15 is 0 Å². The lowest BCUT2D eigenvalue weighted by Crippen LogP contribution is -2.28. The van der Waals surface area contributed by atoms with Crippen molar-refractivity contribution in [2.24, 2.45) is 0 Å². The molecule has 0 atom stereocenters. The minimum atomic E-state index is -0.411. The van der Waals surface area contributed by atoms with Crippen molar-refractivity contribution in [1.29, 1.82) is 0 Å². The van der Waals surface area contributed by atoms with Crippen LogP contribution in [-0.4, -0.2) is 32.3 Å². The first-order valence-corrected chi connectivity index (χ1v) is 9.89. The standard InChI is InChI=1S/C22H20ClN5O3/c1-13-4-6-18(14(2)8-13)28-21-16(10-25-28)22(30)27(12-24-21)11-20(29)26-17-9-15(23)5-7-19(17)31-3/h4-10,12H,11H2,1-3H3,(H,26,29). The van der Waals surface area contributed by atoms with Gasteiger partial charge in [-0.15, -0.1) is 0 Å². The summed E-state index contributed by atoms with van der Waals surface area (Å²) in [7, 11) is 1.49. The molecule has 0 saturated heterocycles. The Hall–Kier alpha value is -3.65. The molecule has 0 aliphatic heterocycles. The molecule has 8 nitrogen and oxygen atoms in total. The maximum absolute atomic E-state index is 12.9. The minimum absolute atomic E-state index is 0.216. The lowest BCUT2D eigenvalue weighted by Gasteiger charge is -2.11. The van der Waals surface area contributed by atoms with Gasteiger partial charge in [-0.05, 0) is 43.7 Å². The first-order chi connectivity index (χ1) is 14.9. The zero-order valence-corrected chi connectivity index (χ0v) is 18.0. The Morgan fingerprint density at radius 2 is 2.00 bits per heavy atom. The Kier molecular flexibility index (Phi) is 5.48. The highest BCUT2D eigenvalue weighted by Gasteiger charge is 2.15. The van der Waals surface area contributed by atoms with Crippen LogP contribution < -0.4 is 15.6 Å². The van der Waals surface area contributed by atoms with Crippen LogP contribution in [0.15, 0.2) is 53.7 Å². The van der Waals surface area contributed by atoms with Crippen molar-refractivity contribution >= 4 is 34.2 Å². The Labute approximate surface area is 183 Å². The molecular formula is C22H20ClN5O3. The number of carbonyl (C=O) groups is 1. The molecular weight excluding hydrogens is 418 g/mol. The molecule has 4 rings (SSSR count). The normalized spacial score (nSPS) is 11.0. The molecule has 4 aromatic rings. The maximum Gasteiger partial charge on any atom is 0.264 e. The highest BCUT2D eigenvalue weighted by molar-refractivity contribution is 6.31. The fourth-order valence-electron chi connectivity index (χ4n) is 3.40. The first-order valence-electron chi connectivity index (χ1n) is 9.51. The highest BCUT2D eigenvalue weighted by atomic mass is 35.5. The molecule has 0 fully saturated rings. The molecule has 158 valence electrons. The average Bonchev–Trinajstić information content (AvgIpc) is 3.15. The van der Waals surface area contributed by atoms with E-state index in [1.165, 1.54) is 24.2 Å². The number of nitrogens with zero attached hydrogens (tertiary/aromatic N) is 4. The summed E-state index contributed by atoms with van der Waals surface area (Å²) >= 11 is 6.00. The van der Waals surface area contributed by atoms with Crippen LogP contribution in [0.4, 0.5) is 5.69 Å². The van der Waals surface area contributed by atoms with Gasteiger partial charge >= 0.3 is 0 Å². The van der Waals surface area contributed by atoms with Crippen LogP contribution in [0.25, 0.3) is 16.7 Å². The smallest absolute Gasteiger partial charge is 0.264 e. The van der Waals surface area contributed by atoms with Crippen molar-refractivity contribution in [2.75, 3.05) is 12.4 Å². The summed E-state index contributed by atoms with van der Waals surface area (Å²) in [6.07, 6.45) is 2.82. The second-order valence-electron chi connectivity index (χ2n) is 7.15. The molecule has 2 aromatic heterocycles. The van der Waals surface area contributed by atoms with Crippen LogP contribution in [0.2, 0.25) is 5.02 Å². The second-order valence-corrected chi connectivity index (χ2v) is 7.59. The van der Waals surface area contributed by atoms with Gasteiger partial charge in [-0.25, -0.2) is 9.67 Å². The number of methoxy groups -OCH3 is 1. The molecule has 0 aliphatic rings. The number of anilines is 1. The molecule has 31 heavy (non-hydrogen) atoms. The van der Waals surface area contributed by atoms with Gasteiger partial charge in [0.1, 0.15) is 24.0 Å². The summed E-state index contributed by atoms with van der Waals surface area (Å²) in [6.45, 7) is 3.77. The number of amides is 1. The van der Waals surface area contributed by atoms with Crippen molar-refractivity contribution in [3.8, 4) is 11.4 Å². The number of halogens is 1. The molecule has 1 N–H and O–H groups in total. The topological polar surface area (TPSA) is 91.0 Å². The van der Waals surface area contributed by atoms with E-state index in [1.807, 2.05) is 32.0 Å². The molecule has 1 amide bonds. The zero-order chi connectivity index (χ0) is 22.1. The fourth-order valence-corrected chi connectivity index (χ4v) is 3.58. The van der Waals surface area contributed by atoms with Gasteiger partial charge in [0.05, 0.1) is 24.7 Å². The van der Waals surface area contributed by atoms with Crippen LogP contribution in [0.3, 0.4) is 0 Å². The van der Waals surface area contributed by atoms with Crippen LogP contribution in [0.5, 0.6) is 5.75 Å². The molecule has 0 radical (unpaired) electrons. The quantitative estimate of drug-likeness (QED) is 0.516. The third-order valence-corrected chi connectivity index (χ3v) is 5.12. The Bertz CT molecular complexity index is 1360. The van der Waals surface area contributed by atoms with E-state index in [0.717, 1.165) is 16.8 Å². The van der Waals surface area contributed by atoms with Crippen LogP contribution in [0, 0.1) is 13.8 Å². The molecule has 2 heterocycles. The van der Waals surface area contributed by atoms with E-state index in [9.17, 15) is 9.59 Å². The van der Waals surface area contributed by atoms with E-state index in [0.29, 0.717) is 27.5 Å². The third-order valence-electron chi connectivity index (χ3n) is 4.88. The SMILES string of the molecule is COc1ccc(Cl)cc1NC(=O)Cn1cnc2c(cnn2-c2ccc(C)cc2C)c1=O. The third kappa shape index (κ3) is 4.02. The Balaban J connectivity index is 1.63. The summed E-state index contributed by atoms with van der Waals surface area (Å²) in [5.74, 6) is 0.0546. The van der Waals surface area contributed by atoms with Crippen molar-refractivity contribution in [1.82, 2.24) is 19.3 Å². The van der Waals surface area contributed by atoms with Crippen LogP contribution in [-0.2, 0) is 11.3 Å². The average molecular weight is 438 g/mol. The van der Waals surface area contributed by atoms with Gasteiger partial charge in [-0.1, -0.05) is 29.3 Å². The minimum Gasteiger partial charge on any atom is -0.495 e. The van der Waals surface area contributed by atoms with E-state index in [4.69, 9.17) is 16.3 Å². The van der Waals surface area contributed by atoms with Crippen molar-refractivity contribution < 1.29 is 9.53 Å². The molecule has 9 heteroatoms.